The summed E-state index contributed by atoms with van der Waals surface area (Å²) in [5.41, 5.74) is 0.845. The van der Waals surface area contributed by atoms with Crippen molar-refractivity contribution in [3.8, 4) is 11.5 Å². The van der Waals surface area contributed by atoms with Gasteiger partial charge in [0, 0.05) is 24.7 Å². The molecule has 0 saturated carbocycles. The molecule has 2 aromatic rings. The number of carbonyl (C=O) groups is 3. The maximum atomic E-state index is 12.6. The zero-order chi connectivity index (χ0) is 19.0. The van der Waals surface area contributed by atoms with Gasteiger partial charge in [-0.1, -0.05) is 12.1 Å². The number of para-hydroxylation sites is 1. The van der Waals surface area contributed by atoms with Crippen molar-refractivity contribution in [1.82, 2.24) is 0 Å². The van der Waals surface area contributed by atoms with Crippen LogP contribution in [0.15, 0.2) is 42.5 Å². The second-order valence-electron chi connectivity index (χ2n) is 6.28. The van der Waals surface area contributed by atoms with Gasteiger partial charge in [0.1, 0.15) is 0 Å². The number of hydrogen-bond acceptors (Lipinski definition) is 5. The normalized spacial score (nSPS) is 17.9. The van der Waals surface area contributed by atoms with Crippen molar-refractivity contribution in [2.45, 2.75) is 6.42 Å². The zero-order valence-electron chi connectivity index (χ0n) is 14.2. The van der Waals surface area contributed by atoms with Gasteiger partial charge in [-0.3, -0.25) is 9.59 Å². The molecule has 27 heavy (non-hydrogen) atoms. The summed E-state index contributed by atoms with van der Waals surface area (Å²) in [4.78, 5) is 37.8. The molecule has 0 spiro atoms. The Morgan fingerprint density at radius 1 is 1.11 bits per heavy atom. The SMILES string of the molecule is O=C(O)c1ccccc1NC(=O)C1CC(=O)N(c2ccc3c(c2)OCO3)C1. The highest BCUT2D eigenvalue weighted by Gasteiger charge is 2.36. The molecule has 2 amide bonds. The number of nitrogens with one attached hydrogen (secondary N) is 1. The number of amides is 2. The van der Waals surface area contributed by atoms with E-state index in [0.717, 1.165) is 0 Å². The number of carboxylic acid groups (broad SMARTS) is 1. The zero-order valence-corrected chi connectivity index (χ0v) is 14.2. The van der Waals surface area contributed by atoms with Gasteiger partial charge in [-0.2, -0.15) is 0 Å². The number of nitrogens with zero attached hydrogens (tertiary/aromatic N) is 1. The minimum Gasteiger partial charge on any atom is -0.478 e. The van der Waals surface area contributed by atoms with Crippen molar-refractivity contribution in [2.75, 3.05) is 23.6 Å². The molecule has 2 aliphatic rings. The number of hydrogen-bond donors (Lipinski definition) is 2. The molecular formula is C19H16N2O6. The maximum Gasteiger partial charge on any atom is 0.337 e. The minimum atomic E-state index is -1.13. The van der Waals surface area contributed by atoms with Crippen LogP contribution in [0.3, 0.4) is 0 Å². The smallest absolute Gasteiger partial charge is 0.337 e. The summed E-state index contributed by atoms with van der Waals surface area (Å²) >= 11 is 0. The molecule has 0 aliphatic carbocycles. The lowest BCUT2D eigenvalue weighted by molar-refractivity contribution is -0.122. The third-order valence-electron chi connectivity index (χ3n) is 4.58. The van der Waals surface area contributed by atoms with Crippen molar-refractivity contribution < 1.29 is 29.0 Å². The number of carbonyl (C=O) groups excluding carboxylic acids is 2. The van der Waals surface area contributed by atoms with Gasteiger partial charge in [0.25, 0.3) is 0 Å². The monoisotopic (exact) mass is 368 g/mol. The quantitative estimate of drug-likeness (QED) is 0.856. The summed E-state index contributed by atoms with van der Waals surface area (Å²) in [6.45, 7) is 0.348. The van der Waals surface area contributed by atoms with Crippen LogP contribution in [0.1, 0.15) is 16.8 Å². The van der Waals surface area contributed by atoms with Crippen molar-refractivity contribution in [1.29, 1.82) is 0 Å². The Morgan fingerprint density at radius 3 is 2.70 bits per heavy atom. The van der Waals surface area contributed by atoms with E-state index in [-0.39, 0.29) is 42.8 Å². The summed E-state index contributed by atoms with van der Waals surface area (Å²) in [5.74, 6) is -1.10. The Balaban J connectivity index is 1.49. The lowest BCUT2D eigenvalue weighted by Gasteiger charge is -2.17. The fraction of sp³-hybridized carbons (Fsp3) is 0.211. The Morgan fingerprint density at radius 2 is 1.89 bits per heavy atom. The van der Waals surface area contributed by atoms with Gasteiger partial charge < -0.3 is 24.8 Å². The highest BCUT2D eigenvalue weighted by molar-refractivity contribution is 6.06. The minimum absolute atomic E-state index is 0.00259. The average Bonchev–Trinajstić information content (AvgIpc) is 3.27. The van der Waals surface area contributed by atoms with E-state index in [1.807, 2.05) is 0 Å². The highest BCUT2D eigenvalue weighted by atomic mass is 16.7. The third kappa shape index (κ3) is 3.17. The van der Waals surface area contributed by atoms with Crippen LogP contribution in [-0.2, 0) is 9.59 Å². The predicted octanol–water partition coefficient (Wildman–Crippen LogP) is 2.11. The van der Waals surface area contributed by atoms with E-state index in [1.54, 1.807) is 30.3 Å². The van der Waals surface area contributed by atoms with E-state index in [1.165, 1.54) is 17.0 Å². The first-order valence-electron chi connectivity index (χ1n) is 8.36. The Kier molecular flexibility index (Phi) is 4.15. The third-order valence-corrected chi connectivity index (χ3v) is 4.58. The molecule has 4 rings (SSSR count). The maximum absolute atomic E-state index is 12.6. The molecule has 1 atom stereocenters. The second kappa shape index (κ2) is 6.64. The summed E-state index contributed by atoms with van der Waals surface area (Å²) in [5, 5.41) is 11.8. The number of aromatic carboxylic acids is 1. The van der Waals surface area contributed by atoms with E-state index in [9.17, 15) is 19.5 Å². The number of rotatable bonds is 4. The fourth-order valence-corrected chi connectivity index (χ4v) is 3.20. The molecule has 2 aliphatic heterocycles. The molecule has 0 bridgehead atoms. The molecule has 0 radical (unpaired) electrons. The molecule has 1 fully saturated rings. The van der Waals surface area contributed by atoms with Crippen molar-refractivity contribution in [2.24, 2.45) is 5.92 Å². The fourth-order valence-electron chi connectivity index (χ4n) is 3.20. The highest BCUT2D eigenvalue weighted by Crippen LogP contribution is 2.37. The van der Waals surface area contributed by atoms with Gasteiger partial charge in [0.15, 0.2) is 11.5 Å². The molecule has 1 saturated heterocycles. The Bertz CT molecular complexity index is 942. The molecular weight excluding hydrogens is 352 g/mol. The van der Waals surface area contributed by atoms with Gasteiger partial charge in [0.05, 0.1) is 17.2 Å². The predicted molar refractivity (Wildman–Crippen MR) is 95.1 cm³/mol. The lowest BCUT2D eigenvalue weighted by Crippen LogP contribution is -2.28. The van der Waals surface area contributed by atoms with Gasteiger partial charge in [-0.25, -0.2) is 4.79 Å². The van der Waals surface area contributed by atoms with Gasteiger partial charge in [0.2, 0.25) is 18.6 Å². The second-order valence-corrected chi connectivity index (χ2v) is 6.28. The number of benzene rings is 2. The average molecular weight is 368 g/mol. The van der Waals surface area contributed by atoms with Crippen LogP contribution in [0, 0.1) is 5.92 Å². The van der Waals surface area contributed by atoms with E-state index >= 15 is 0 Å². The van der Waals surface area contributed by atoms with Crippen molar-refractivity contribution >= 4 is 29.2 Å². The molecule has 2 aromatic carbocycles. The van der Waals surface area contributed by atoms with Gasteiger partial charge in [-0.15, -0.1) is 0 Å². The number of ether oxygens (including phenoxy) is 2. The van der Waals surface area contributed by atoms with E-state index in [0.29, 0.717) is 17.2 Å². The van der Waals surface area contributed by atoms with Crippen LogP contribution in [-0.4, -0.2) is 36.2 Å². The Labute approximate surface area is 154 Å². The number of carboxylic acids is 1. The van der Waals surface area contributed by atoms with E-state index < -0.39 is 11.9 Å². The lowest BCUT2D eigenvalue weighted by atomic mass is 10.1. The first kappa shape index (κ1) is 16.9. The topological polar surface area (TPSA) is 105 Å². The van der Waals surface area contributed by atoms with Crippen LogP contribution in [0.4, 0.5) is 11.4 Å². The first-order valence-corrected chi connectivity index (χ1v) is 8.36. The van der Waals surface area contributed by atoms with Crippen LogP contribution >= 0.6 is 0 Å². The molecule has 1 unspecified atom stereocenters. The van der Waals surface area contributed by atoms with E-state index in [4.69, 9.17) is 9.47 Å². The number of fused-ring (bicyclic) bond motifs is 1. The molecule has 2 N–H and O–H groups in total. The van der Waals surface area contributed by atoms with Crippen molar-refractivity contribution in [3.63, 3.8) is 0 Å². The largest absolute Gasteiger partial charge is 0.478 e. The number of anilines is 2. The van der Waals surface area contributed by atoms with Crippen LogP contribution in [0.5, 0.6) is 11.5 Å². The van der Waals surface area contributed by atoms with Crippen molar-refractivity contribution in [3.05, 3.63) is 48.0 Å². The Hall–Kier alpha value is -3.55. The molecule has 0 aromatic heterocycles. The molecule has 2 heterocycles. The summed E-state index contributed by atoms with van der Waals surface area (Å²) in [7, 11) is 0. The van der Waals surface area contributed by atoms with Gasteiger partial charge >= 0.3 is 5.97 Å². The molecule has 138 valence electrons. The van der Waals surface area contributed by atoms with Crippen LogP contribution in [0.25, 0.3) is 0 Å². The molecule has 8 heteroatoms. The summed E-state index contributed by atoms with van der Waals surface area (Å²) in [6, 6.07) is 11.3. The van der Waals surface area contributed by atoms with Crippen LogP contribution < -0.4 is 19.7 Å². The summed E-state index contributed by atoms with van der Waals surface area (Å²) in [6.07, 6.45) is 0.0511. The molecule has 8 nitrogen and oxygen atoms in total. The first-order chi connectivity index (χ1) is 13.0. The standard InChI is InChI=1S/C19H16N2O6/c22-17-7-11(18(23)20-14-4-2-1-3-13(14)19(24)25)9-21(17)12-5-6-15-16(8-12)27-10-26-15/h1-6,8,11H,7,9-10H2,(H,20,23)(H,24,25). The van der Waals surface area contributed by atoms with E-state index in [2.05, 4.69) is 5.32 Å². The van der Waals surface area contributed by atoms with Gasteiger partial charge in [-0.05, 0) is 24.3 Å². The van der Waals surface area contributed by atoms with Crippen LogP contribution in [0.2, 0.25) is 0 Å². The summed E-state index contributed by atoms with van der Waals surface area (Å²) < 4.78 is 10.6.